The number of aromatic nitrogens is 1. The number of benzene rings is 1. The molecular formula is C14H11Br2FN2O. The highest BCUT2D eigenvalue weighted by atomic mass is 79.9. The van der Waals surface area contributed by atoms with Gasteiger partial charge in [0, 0.05) is 33.2 Å². The Morgan fingerprint density at radius 3 is 2.85 bits per heavy atom. The second-order valence-electron chi connectivity index (χ2n) is 4.65. The quantitative estimate of drug-likeness (QED) is 0.776. The predicted octanol–water partition coefficient (Wildman–Crippen LogP) is 4.27. The molecule has 0 radical (unpaired) electrons. The number of nitrogens with zero attached hydrogens (tertiary/aromatic N) is 1. The van der Waals surface area contributed by atoms with Gasteiger partial charge in [0.1, 0.15) is 17.7 Å². The van der Waals surface area contributed by atoms with E-state index in [1.54, 1.807) is 12.3 Å². The van der Waals surface area contributed by atoms with Crippen LogP contribution in [-0.4, -0.2) is 4.98 Å². The maximum atomic E-state index is 13.3. The van der Waals surface area contributed by atoms with Crippen molar-refractivity contribution in [3.63, 3.8) is 0 Å². The van der Waals surface area contributed by atoms with Crippen LogP contribution in [0, 0.1) is 5.82 Å². The van der Waals surface area contributed by atoms with Gasteiger partial charge in [-0.25, -0.2) is 4.39 Å². The SMILES string of the molecule is N[C@@H]1CC(c2ncc(Br)cc2Br)Oc2ccc(F)cc21. The van der Waals surface area contributed by atoms with Gasteiger partial charge in [0.05, 0.1) is 5.69 Å². The van der Waals surface area contributed by atoms with E-state index < -0.39 is 0 Å². The van der Waals surface area contributed by atoms with E-state index in [0.29, 0.717) is 17.7 Å². The van der Waals surface area contributed by atoms with Crippen LogP contribution in [-0.2, 0) is 0 Å². The van der Waals surface area contributed by atoms with E-state index in [4.69, 9.17) is 10.5 Å². The van der Waals surface area contributed by atoms with Crippen molar-refractivity contribution in [3.8, 4) is 5.75 Å². The van der Waals surface area contributed by atoms with Gasteiger partial charge in [-0.2, -0.15) is 0 Å². The summed E-state index contributed by atoms with van der Waals surface area (Å²) in [6.45, 7) is 0. The standard InChI is InChI=1S/C14H11Br2FN2O/c15-7-3-10(16)14(19-6-7)13-5-11(18)9-4-8(17)1-2-12(9)20-13/h1-4,6,11,13H,5,18H2/t11-,13?/m1/s1. The lowest BCUT2D eigenvalue weighted by atomic mass is 9.95. The van der Waals surface area contributed by atoms with Gasteiger partial charge in [-0.3, -0.25) is 4.98 Å². The molecule has 2 heterocycles. The molecule has 0 aliphatic carbocycles. The summed E-state index contributed by atoms with van der Waals surface area (Å²) < 4.78 is 20.9. The number of ether oxygens (including phenoxy) is 1. The van der Waals surface area contributed by atoms with Crippen molar-refractivity contribution in [3.05, 3.63) is 56.5 Å². The Bertz CT molecular complexity index is 666. The molecule has 0 spiro atoms. The molecule has 2 N–H and O–H groups in total. The molecule has 104 valence electrons. The normalized spacial score (nSPS) is 21.2. The number of fused-ring (bicyclic) bond motifs is 1. The topological polar surface area (TPSA) is 48.1 Å². The summed E-state index contributed by atoms with van der Waals surface area (Å²) in [5, 5.41) is 0. The molecule has 0 saturated carbocycles. The zero-order chi connectivity index (χ0) is 14.3. The molecule has 0 saturated heterocycles. The molecule has 2 aromatic rings. The Labute approximate surface area is 132 Å². The zero-order valence-corrected chi connectivity index (χ0v) is 13.5. The summed E-state index contributed by atoms with van der Waals surface area (Å²) >= 11 is 6.85. The first kappa shape index (κ1) is 14.0. The number of pyridine rings is 1. The van der Waals surface area contributed by atoms with Crippen molar-refractivity contribution < 1.29 is 9.13 Å². The van der Waals surface area contributed by atoms with Crippen molar-refractivity contribution >= 4 is 31.9 Å². The Hall–Kier alpha value is -0.980. The van der Waals surface area contributed by atoms with Crippen molar-refractivity contribution in [2.24, 2.45) is 5.73 Å². The van der Waals surface area contributed by atoms with E-state index in [1.165, 1.54) is 12.1 Å². The van der Waals surface area contributed by atoms with Crippen LogP contribution < -0.4 is 10.5 Å². The molecule has 3 rings (SSSR count). The van der Waals surface area contributed by atoms with Crippen LogP contribution in [0.5, 0.6) is 5.75 Å². The maximum absolute atomic E-state index is 13.3. The lowest BCUT2D eigenvalue weighted by Crippen LogP contribution is -2.25. The lowest BCUT2D eigenvalue weighted by molar-refractivity contribution is 0.156. The number of hydrogen-bond donors (Lipinski definition) is 1. The first-order chi connectivity index (χ1) is 9.54. The molecule has 0 amide bonds. The van der Waals surface area contributed by atoms with Crippen molar-refractivity contribution in [2.75, 3.05) is 0 Å². The highest BCUT2D eigenvalue weighted by Gasteiger charge is 2.29. The van der Waals surface area contributed by atoms with Crippen LogP contribution >= 0.6 is 31.9 Å². The average molecular weight is 402 g/mol. The molecule has 1 aromatic heterocycles. The van der Waals surface area contributed by atoms with Crippen LogP contribution in [0.15, 0.2) is 39.4 Å². The third-order valence-corrected chi connectivity index (χ3v) is 4.32. The Balaban J connectivity index is 1.97. The molecule has 1 unspecified atom stereocenters. The number of halogens is 3. The summed E-state index contributed by atoms with van der Waals surface area (Å²) in [5.74, 6) is 0.316. The minimum absolute atomic E-state index is 0.245. The van der Waals surface area contributed by atoms with Gasteiger partial charge in [-0.1, -0.05) is 0 Å². The van der Waals surface area contributed by atoms with Gasteiger partial charge >= 0.3 is 0 Å². The largest absolute Gasteiger partial charge is 0.484 e. The fourth-order valence-corrected chi connectivity index (χ4v) is 3.55. The number of rotatable bonds is 1. The fraction of sp³-hybridized carbons (Fsp3) is 0.214. The Morgan fingerprint density at radius 1 is 1.30 bits per heavy atom. The van der Waals surface area contributed by atoms with Crippen molar-refractivity contribution in [1.82, 2.24) is 4.98 Å². The van der Waals surface area contributed by atoms with E-state index in [1.807, 2.05) is 6.07 Å². The van der Waals surface area contributed by atoms with Gasteiger partial charge in [0.2, 0.25) is 0 Å². The smallest absolute Gasteiger partial charge is 0.143 e. The van der Waals surface area contributed by atoms with Gasteiger partial charge in [0.15, 0.2) is 0 Å². The minimum Gasteiger partial charge on any atom is -0.484 e. The maximum Gasteiger partial charge on any atom is 0.143 e. The van der Waals surface area contributed by atoms with E-state index in [0.717, 1.165) is 14.6 Å². The molecule has 1 aromatic carbocycles. The molecular weight excluding hydrogens is 391 g/mol. The molecule has 6 heteroatoms. The summed E-state index contributed by atoms with van der Waals surface area (Å²) in [4.78, 5) is 4.38. The van der Waals surface area contributed by atoms with Gasteiger partial charge in [0.25, 0.3) is 0 Å². The summed E-state index contributed by atoms with van der Waals surface area (Å²) in [6, 6.07) is 6.07. The third-order valence-electron chi connectivity index (χ3n) is 3.25. The first-order valence-corrected chi connectivity index (χ1v) is 7.66. The third kappa shape index (κ3) is 2.60. The number of nitrogens with two attached hydrogens (primary N) is 1. The second-order valence-corrected chi connectivity index (χ2v) is 6.42. The molecule has 20 heavy (non-hydrogen) atoms. The zero-order valence-electron chi connectivity index (χ0n) is 10.3. The van der Waals surface area contributed by atoms with E-state index in [2.05, 4.69) is 36.8 Å². The van der Waals surface area contributed by atoms with Gasteiger partial charge in [-0.05, 0) is 56.1 Å². The first-order valence-electron chi connectivity index (χ1n) is 6.07. The average Bonchev–Trinajstić information content (AvgIpc) is 2.39. The molecule has 0 fully saturated rings. The molecule has 3 nitrogen and oxygen atoms in total. The van der Waals surface area contributed by atoms with Crippen LogP contribution in [0.4, 0.5) is 4.39 Å². The molecule has 0 bridgehead atoms. The minimum atomic E-state index is -0.302. The van der Waals surface area contributed by atoms with E-state index in [-0.39, 0.29) is 18.0 Å². The Kier molecular flexibility index (Phi) is 3.79. The molecule has 1 aliphatic heterocycles. The summed E-state index contributed by atoms with van der Waals surface area (Å²) in [7, 11) is 0. The highest BCUT2D eigenvalue weighted by molar-refractivity contribution is 9.11. The van der Waals surface area contributed by atoms with Crippen molar-refractivity contribution in [1.29, 1.82) is 0 Å². The number of hydrogen-bond acceptors (Lipinski definition) is 3. The highest BCUT2D eigenvalue weighted by Crippen LogP contribution is 2.41. The fourth-order valence-electron chi connectivity index (χ4n) is 2.30. The summed E-state index contributed by atoms with van der Waals surface area (Å²) in [5.41, 5.74) is 7.62. The second kappa shape index (κ2) is 5.42. The molecule has 1 aliphatic rings. The van der Waals surface area contributed by atoms with E-state index >= 15 is 0 Å². The van der Waals surface area contributed by atoms with Crippen molar-refractivity contribution in [2.45, 2.75) is 18.6 Å². The van der Waals surface area contributed by atoms with Crippen LogP contribution in [0.25, 0.3) is 0 Å². The Morgan fingerprint density at radius 2 is 2.10 bits per heavy atom. The monoisotopic (exact) mass is 400 g/mol. The van der Waals surface area contributed by atoms with E-state index in [9.17, 15) is 4.39 Å². The van der Waals surface area contributed by atoms with Gasteiger partial charge < -0.3 is 10.5 Å². The van der Waals surface area contributed by atoms with Crippen LogP contribution in [0.1, 0.15) is 29.8 Å². The predicted molar refractivity (Wildman–Crippen MR) is 81.0 cm³/mol. The lowest BCUT2D eigenvalue weighted by Gasteiger charge is -2.30. The van der Waals surface area contributed by atoms with Crippen LogP contribution in [0.2, 0.25) is 0 Å². The molecule has 2 atom stereocenters. The summed E-state index contributed by atoms with van der Waals surface area (Å²) in [6.07, 6.45) is 2.03. The van der Waals surface area contributed by atoms with Gasteiger partial charge in [-0.15, -0.1) is 0 Å². The van der Waals surface area contributed by atoms with Crippen LogP contribution in [0.3, 0.4) is 0 Å².